The highest BCUT2D eigenvalue weighted by molar-refractivity contribution is 5.97. The highest BCUT2D eigenvalue weighted by atomic mass is 16.6. The van der Waals surface area contributed by atoms with Crippen molar-refractivity contribution < 1.29 is 14.5 Å². The monoisotopic (exact) mass is 235 g/mol. The van der Waals surface area contributed by atoms with E-state index in [1.54, 1.807) is 6.08 Å². The van der Waals surface area contributed by atoms with Gasteiger partial charge in [-0.2, -0.15) is 0 Å². The van der Waals surface area contributed by atoms with Crippen molar-refractivity contribution in [1.29, 1.82) is 0 Å². The maximum atomic E-state index is 11.4. The molecule has 5 heteroatoms. The summed E-state index contributed by atoms with van der Waals surface area (Å²) in [5.41, 5.74) is 0.106. The standard InChI is InChI=1S/C12H13NO4/c1-3-4-7-17-12-6-5-10(13(15)16)8-11(12)9(2)14/h3,5-6,8H,1,4,7H2,2H3. The normalized spacial score (nSPS) is 9.71. The number of rotatable bonds is 6. The molecule has 17 heavy (non-hydrogen) atoms. The van der Waals surface area contributed by atoms with Gasteiger partial charge in [0.05, 0.1) is 17.1 Å². The summed E-state index contributed by atoms with van der Waals surface area (Å²) < 4.78 is 5.36. The van der Waals surface area contributed by atoms with E-state index in [-0.39, 0.29) is 17.0 Å². The summed E-state index contributed by atoms with van der Waals surface area (Å²) >= 11 is 0. The minimum Gasteiger partial charge on any atom is -0.493 e. The van der Waals surface area contributed by atoms with E-state index in [1.165, 1.54) is 25.1 Å². The van der Waals surface area contributed by atoms with Crippen LogP contribution in [-0.4, -0.2) is 17.3 Å². The molecule has 0 aliphatic carbocycles. The van der Waals surface area contributed by atoms with Gasteiger partial charge >= 0.3 is 0 Å². The predicted molar refractivity (Wildman–Crippen MR) is 63.4 cm³/mol. The quantitative estimate of drug-likeness (QED) is 0.250. The number of hydrogen-bond acceptors (Lipinski definition) is 4. The van der Waals surface area contributed by atoms with Crippen LogP contribution in [0.1, 0.15) is 23.7 Å². The number of hydrogen-bond donors (Lipinski definition) is 0. The second-order valence-electron chi connectivity index (χ2n) is 3.42. The number of non-ortho nitro benzene ring substituents is 1. The number of carbonyl (C=O) groups is 1. The van der Waals surface area contributed by atoms with Crippen LogP contribution in [0.5, 0.6) is 5.75 Å². The molecule has 1 rings (SSSR count). The lowest BCUT2D eigenvalue weighted by atomic mass is 10.1. The summed E-state index contributed by atoms with van der Waals surface area (Å²) in [7, 11) is 0. The fraction of sp³-hybridized carbons (Fsp3) is 0.250. The number of nitrogens with zero attached hydrogens (tertiary/aromatic N) is 1. The Morgan fingerprint density at radius 3 is 2.82 bits per heavy atom. The maximum Gasteiger partial charge on any atom is 0.270 e. The van der Waals surface area contributed by atoms with E-state index in [9.17, 15) is 14.9 Å². The number of nitro benzene ring substituents is 1. The van der Waals surface area contributed by atoms with Crippen LogP contribution in [0.4, 0.5) is 5.69 Å². The van der Waals surface area contributed by atoms with Gasteiger partial charge in [0.15, 0.2) is 5.78 Å². The molecule has 1 aromatic rings. The van der Waals surface area contributed by atoms with Crippen LogP contribution < -0.4 is 4.74 Å². The molecule has 0 aliphatic rings. The topological polar surface area (TPSA) is 69.4 Å². The summed E-state index contributed by atoms with van der Waals surface area (Å²) in [6.07, 6.45) is 2.34. The lowest BCUT2D eigenvalue weighted by Crippen LogP contribution is -2.03. The molecule has 0 heterocycles. The van der Waals surface area contributed by atoms with E-state index in [0.29, 0.717) is 18.8 Å². The SMILES string of the molecule is C=CCCOc1ccc([N+](=O)[O-])cc1C(C)=O. The Hall–Kier alpha value is -2.17. The Balaban J connectivity index is 3.00. The largest absolute Gasteiger partial charge is 0.493 e. The molecule has 0 spiro atoms. The summed E-state index contributed by atoms with van der Waals surface area (Å²) in [4.78, 5) is 21.4. The second-order valence-corrected chi connectivity index (χ2v) is 3.42. The van der Waals surface area contributed by atoms with Crippen molar-refractivity contribution in [2.24, 2.45) is 0 Å². The average molecular weight is 235 g/mol. The Bertz CT molecular complexity index is 454. The fourth-order valence-corrected chi connectivity index (χ4v) is 1.28. The number of ether oxygens (including phenoxy) is 1. The Kier molecular flexibility index (Phi) is 4.39. The smallest absolute Gasteiger partial charge is 0.270 e. The van der Waals surface area contributed by atoms with Crippen LogP contribution in [0.3, 0.4) is 0 Å². The molecule has 0 radical (unpaired) electrons. The zero-order chi connectivity index (χ0) is 12.8. The second kappa shape index (κ2) is 5.79. The van der Waals surface area contributed by atoms with Gasteiger partial charge in [0.1, 0.15) is 5.75 Å². The van der Waals surface area contributed by atoms with E-state index in [4.69, 9.17) is 4.74 Å². The molecule has 0 aliphatic heterocycles. The van der Waals surface area contributed by atoms with Crippen LogP contribution in [0.15, 0.2) is 30.9 Å². The summed E-state index contributed by atoms with van der Waals surface area (Å²) in [6, 6.07) is 3.99. The minimum atomic E-state index is -0.542. The van der Waals surface area contributed by atoms with Crippen LogP contribution in [0, 0.1) is 10.1 Å². The van der Waals surface area contributed by atoms with Gasteiger partial charge < -0.3 is 4.74 Å². The third kappa shape index (κ3) is 3.41. The zero-order valence-corrected chi connectivity index (χ0v) is 9.51. The molecule has 0 amide bonds. The average Bonchev–Trinajstić information content (AvgIpc) is 2.29. The maximum absolute atomic E-state index is 11.4. The number of carbonyl (C=O) groups excluding carboxylic acids is 1. The van der Waals surface area contributed by atoms with Crippen LogP contribution in [0.25, 0.3) is 0 Å². The molecular formula is C12H13NO4. The fourth-order valence-electron chi connectivity index (χ4n) is 1.28. The molecule has 0 saturated heterocycles. The third-order valence-corrected chi connectivity index (χ3v) is 2.13. The zero-order valence-electron chi connectivity index (χ0n) is 9.51. The van der Waals surface area contributed by atoms with Crippen LogP contribution >= 0.6 is 0 Å². The number of benzene rings is 1. The van der Waals surface area contributed by atoms with Crippen molar-refractivity contribution in [3.8, 4) is 5.75 Å². The first-order valence-corrected chi connectivity index (χ1v) is 5.09. The van der Waals surface area contributed by atoms with Crippen molar-refractivity contribution in [3.63, 3.8) is 0 Å². The third-order valence-electron chi connectivity index (χ3n) is 2.13. The Morgan fingerprint density at radius 1 is 1.59 bits per heavy atom. The van der Waals surface area contributed by atoms with Gasteiger partial charge in [0.2, 0.25) is 0 Å². The molecule has 0 unspecified atom stereocenters. The molecule has 0 atom stereocenters. The molecule has 0 fully saturated rings. The van der Waals surface area contributed by atoms with Gasteiger partial charge in [-0.3, -0.25) is 14.9 Å². The highest BCUT2D eigenvalue weighted by Gasteiger charge is 2.14. The first kappa shape index (κ1) is 12.9. The van der Waals surface area contributed by atoms with Crippen LogP contribution in [-0.2, 0) is 0 Å². The molecule has 0 saturated carbocycles. The number of ketones is 1. The van der Waals surface area contributed by atoms with E-state index in [2.05, 4.69) is 6.58 Å². The predicted octanol–water partition coefficient (Wildman–Crippen LogP) is 2.75. The summed E-state index contributed by atoms with van der Waals surface area (Å²) in [5, 5.41) is 10.6. The van der Waals surface area contributed by atoms with Gasteiger partial charge in [-0.25, -0.2) is 0 Å². The number of nitro groups is 1. The van der Waals surface area contributed by atoms with Gasteiger partial charge in [0, 0.05) is 12.1 Å². The molecule has 0 bridgehead atoms. The van der Waals surface area contributed by atoms with Crippen molar-refractivity contribution in [1.82, 2.24) is 0 Å². The lowest BCUT2D eigenvalue weighted by Gasteiger charge is -2.08. The molecule has 90 valence electrons. The van der Waals surface area contributed by atoms with E-state index < -0.39 is 4.92 Å². The molecule has 0 N–H and O–H groups in total. The van der Waals surface area contributed by atoms with Gasteiger partial charge in [-0.05, 0) is 19.4 Å². The number of Topliss-reactive ketones (excluding diaryl/α,β-unsaturated/α-hetero) is 1. The van der Waals surface area contributed by atoms with Gasteiger partial charge in [-0.15, -0.1) is 6.58 Å². The van der Waals surface area contributed by atoms with Crippen LogP contribution in [0.2, 0.25) is 0 Å². The lowest BCUT2D eigenvalue weighted by molar-refractivity contribution is -0.384. The first-order valence-electron chi connectivity index (χ1n) is 5.09. The van der Waals surface area contributed by atoms with Crippen molar-refractivity contribution in [2.75, 3.05) is 6.61 Å². The van der Waals surface area contributed by atoms with Gasteiger partial charge in [-0.1, -0.05) is 6.08 Å². The molecule has 0 aromatic heterocycles. The Morgan fingerprint density at radius 2 is 2.29 bits per heavy atom. The first-order chi connectivity index (χ1) is 8.06. The van der Waals surface area contributed by atoms with Gasteiger partial charge in [0.25, 0.3) is 5.69 Å². The minimum absolute atomic E-state index is 0.119. The van der Waals surface area contributed by atoms with E-state index >= 15 is 0 Å². The highest BCUT2D eigenvalue weighted by Crippen LogP contribution is 2.24. The molecule has 1 aromatic carbocycles. The molecular weight excluding hydrogens is 222 g/mol. The van der Waals surface area contributed by atoms with Crippen molar-refractivity contribution in [2.45, 2.75) is 13.3 Å². The van der Waals surface area contributed by atoms with E-state index in [1.807, 2.05) is 0 Å². The van der Waals surface area contributed by atoms with Crippen molar-refractivity contribution >= 4 is 11.5 Å². The summed E-state index contributed by atoms with van der Waals surface area (Å²) in [6.45, 7) is 5.29. The van der Waals surface area contributed by atoms with Crippen molar-refractivity contribution in [3.05, 3.63) is 46.5 Å². The van der Waals surface area contributed by atoms with E-state index in [0.717, 1.165) is 0 Å². The Labute approximate surface area is 98.9 Å². The molecule has 5 nitrogen and oxygen atoms in total. The summed E-state index contributed by atoms with van der Waals surface area (Å²) in [5.74, 6) is 0.104.